The number of carbonyl (C=O) groups is 1. The summed E-state index contributed by atoms with van der Waals surface area (Å²) < 4.78 is 10.7. The summed E-state index contributed by atoms with van der Waals surface area (Å²) in [6.45, 7) is 5.15. The van der Waals surface area contributed by atoms with Crippen molar-refractivity contribution in [2.24, 2.45) is 0 Å². The minimum atomic E-state index is -0.717. The van der Waals surface area contributed by atoms with Gasteiger partial charge in [0.2, 0.25) is 0 Å². The van der Waals surface area contributed by atoms with Crippen LogP contribution in [-0.4, -0.2) is 16.6 Å². The number of halogens is 1. The van der Waals surface area contributed by atoms with Crippen molar-refractivity contribution >= 4 is 29.1 Å². The van der Waals surface area contributed by atoms with E-state index in [9.17, 15) is 14.9 Å². The predicted molar refractivity (Wildman–Crippen MR) is 94.5 cm³/mol. The molecule has 2 aromatic rings. The van der Waals surface area contributed by atoms with Crippen molar-refractivity contribution in [1.29, 1.82) is 0 Å². The molecule has 0 fully saturated rings. The number of hydrogen-bond acceptors (Lipinski definition) is 5. The molecule has 0 heterocycles. The Hall–Kier alpha value is -2.80. The molecular weight excluding hydrogens is 348 g/mol. The minimum Gasteiger partial charge on any atom is -0.457 e. The highest BCUT2D eigenvalue weighted by Crippen LogP contribution is 2.30. The standard InChI is InChI=1S/C17H17ClN2O5/c1-17(2,3)25-16(21)19-12-8-13(20(22)23)10-15(9-12)24-14-6-4-11(18)5-7-14/h4-10H,1-3H3,(H,19,21). The number of nitrogens with one attached hydrogen (secondary N) is 1. The molecule has 25 heavy (non-hydrogen) atoms. The lowest BCUT2D eigenvalue weighted by Crippen LogP contribution is -2.27. The molecule has 132 valence electrons. The smallest absolute Gasteiger partial charge is 0.412 e. The summed E-state index contributed by atoms with van der Waals surface area (Å²) >= 11 is 5.81. The molecule has 1 N–H and O–H groups in total. The summed E-state index contributed by atoms with van der Waals surface area (Å²) in [4.78, 5) is 22.4. The molecule has 8 heteroatoms. The van der Waals surface area contributed by atoms with Gasteiger partial charge < -0.3 is 9.47 Å². The molecule has 0 aliphatic carbocycles. The molecular formula is C17H17ClN2O5. The number of nitro groups is 1. The Morgan fingerprint density at radius 1 is 1.12 bits per heavy atom. The molecule has 0 spiro atoms. The first-order valence-corrected chi connectivity index (χ1v) is 7.73. The lowest BCUT2D eigenvalue weighted by molar-refractivity contribution is -0.384. The number of non-ortho nitro benzene ring substituents is 1. The number of nitro benzene ring substituents is 1. The van der Waals surface area contributed by atoms with E-state index in [-0.39, 0.29) is 17.1 Å². The fourth-order valence-corrected chi connectivity index (χ4v) is 2.01. The van der Waals surface area contributed by atoms with Crippen LogP contribution in [0.2, 0.25) is 5.02 Å². The van der Waals surface area contributed by atoms with E-state index in [4.69, 9.17) is 21.1 Å². The van der Waals surface area contributed by atoms with Crippen molar-refractivity contribution in [3.63, 3.8) is 0 Å². The van der Waals surface area contributed by atoms with Gasteiger partial charge in [0.05, 0.1) is 16.7 Å². The second-order valence-electron chi connectivity index (χ2n) is 6.16. The highest BCUT2D eigenvalue weighted by Gasteiger charge is 2.18. The molecule has 2 rings (SSSR count). The average Bonchev–Trinajstić information content (AvgIpc) is 2.47. The number of carbonyl (C=O) groups excluding carboxylic acids is 1. The molecule has 0 aromatic heterocycles. The maximum atomic E-state index is 11.9. The SMILES string of the molecule is CC(C)(C)OC(=O)Nc1cc(Oc2ccc(Cl)cc2)cc([N+](=O)[O-])c1. The molecule has 0 aliphatic rings. The minimum absolute atomic E-state index is 0.187. The lowest BCUT2D eigenvalue weighted by Gasteiger charge is -2.19. The second-order valence-corrected chi connectivity index (χ2v) is 6.59. The van der Waals surface area contributed by atoms with E-state index in [1.54, 1.807) is 45.0 Å². The highest BCUT2D eigenvalue weighted by molar-refractivity contribution is 6.30. The van der Waals surface area contributed by atoms with E-state index >= 15 is 0 Å². The van der Waals surface area contributed by atoms with Crippen LogP contribution in [-0.2, 0) is 4.74 Å². The summed E-state index contributed by atoms with van der Waals surface area (Å²) in [7, 11) is 0. The first kappa shape index (κ1) is 18.5. The van der Waals surface area contributed by atoms with Crippen LogP contribution in [0.5, 0.6) is 11.5 Å². The van der Waals surface area contributed by atoms with Crippen LogP contribution in [0.1, 0.15) is 20.8 Å². The van der Waals surface area contributed by atoms with Crippen LogP contribution < -0.4 is 10.1 Å². The molecule has 0 unspecified atom stereocenters. The summed E-state index contributed by atoms with van der Waals surface area (Å²) in [5.74, 6) is 0.649. The largest absolute Gasteiger partial charge is 0.457 e. The van der Waals surface area contributed by atoms with Crippen LogP contribution in [0, 0.1) is 10.1 Å². The number of anilines is 1. The third kappa shape index (κ3) is 5.96. The number of ether oxygens (including phenoxy) is 2. The van der Waals surface area contributed by atoms with E-state index in [0.29, 0.717) is 10.8 Å². The summed E-state index contributed by atoms with van der Waals surface area (Å²) in [5, 5.41) is 14.1. The molecule has 7 nitrogen and oxygen atoms in total. The zero-order valence-electron chi connectivity index (χ0n) is 13.9. The van der Waals surface area contributed by atoms with Crippen molar-refractivity contribution in [2.75, 3.05) is 5.32 Å². The zero-order chi connectivity index (χ0) is 18.6. The van der Waals surface area contributed by atoms with Gasteiger partial charge in [-0.3, -0.25) is 15.4 Å². The van der Waals surface area contributed by atoms with Gasteiger partial charge in [-0.25, -0.2) is 4.79 Å². The molecule has 0 radical (unpaired) electrons. The van der Waals surface area contributed by atoms with Crippen molar-refractivity contribution in [1.82, 2.24) is 0 Å². The van der Waals surface area contributed by atoms with Gasteiger partial charge in [-0.1, -0.05) is 11.6 Å². The number of rotatable bonds is 4. The van der Waals surface area contributed by atoms with E-state index in [0.717, 1.165) is 0 Å². The molecule has 0 saturated heterocycles. The van der Waals surface area contributed by atoms with Crippen molar-refractivity contribution < 1.29 is 19.2 Å². The Bertz CT molecular complexity index is 785. The third-order valence-electron chi connectivity index (χ3n) is 2.80. The summed E-state index contributed by atoms with van der Waals surface area (Å²) in [6, 6.07) is 10.5. The Labute approximate surface area is 149 Å². The van der Waals surface area contributed by atoms with Crippen LogP contribution in [0.15, 0.2) is 42.5 Å². The lowest BCUT2D eigenvalue weighted by atomic mass is 10.2. The van der Waals surface area contributed by atoms with E-state index in [1.807, 2.05) is 0 Å². The Morgan fingerprint density at radius 3 is 2.32 bits per heavy atom. The fourth-order valence-electron chi connectivity index (χ4n) is 1.88. The van der Waals surface area contributed by atoms with E-state index in [1.165, 1.54) is 18.2 Å². The normalized spacial score (nSPS) is 10.9. The van der Waals surface area contributed by atoms with Gasteiger partial charge >= 0.3 is 6.09 Å². The highest BCUT2D eigenvalue weighted by atomic mass is 35.5. The van der Waals surface area contributed by atoms with Gasteiger partial charge in [-0.2, -0.15) is 0 Å². The van der Waals surface area contributed by atoms with Gasteiger partial charge in [0.15, 0.2) is 0 Å². The fraction of sp³-hybridized carbons (Fsp3) is 0.235. The molecule has 1 amide bonds. The molecule has 0 aliphatic heterocycles. The number of nitrogens with zero attached hydrogens (tertiary/aromatic N) is 1. The molecule has 2 aromatic carbocycles. The first-order chi connectivity index (χ1) is 11.6. The number of hydrogen-bond donors (Lipinski definition) is 1. The monoisotopic (exact) mass is 364 g/mol. The van der Waals surface area contributed by atoms with Crippen LogP contribution >= 0.6 is 11.6 Å². The molecule has 0 saturated carbocycles. The summed E-state index contributed by atoms with van der Waals surface area (Å²) in [5.41, 5.74) is -0.724. The first-order valence-electron chi connectivity index (χ1n) is 7.35. The second kappa shape index (κ2) is 7.40. The maximum Gasteiger partial charge on any atom is 0.412 e. The Balaban J connectivity index is 2.25. The van der Waals surface area contributed by atoms with Crippen LogP contribution in [0.4, 0.5) is 16.2 Å². The topological polar surface area (TPSA) is 90.7 Å². The van der Waals surface area contributed by atoms with Gasteiger partial charge in [0.1, 0.15) is 17.1 Å². The van der Waals surface area contributed by atoms with Gasteiger partial charge in [-0.15, -0.1) is 0 Å². The maximum absolute atomic E-state index is 11.9. The quantitative estimate of drug-likeness (QED) is 0.580. The van der Waals surface area contributed by atoms with Crippen molar-refractivity contribution in [2.45, 2.75) is 26.4 Å². The van der Waals surface area contributed by atoms with Gasteiger partial charge in [0, 0.05) is 17.2 Å². The Morgan fingerprint density at radius 2 is 1.76 bits per heavy atom. The number of benzene rings is 2. The molecule has 0 atom stereocenters. The zero-order valence-corrected chi connectivity index (χ0v) is 14.7. The summed E-state index contributed by atoms with van der Waals surface area (Å²) in [6.07, 6.45) is -0.717. The van der Waals surface area contributed by atoms with Crippen LogP contribution in [0.25, 0.3) is 0 Å². The Kier molecular flexibility index (Phi) is 5.48. The predicted octanol–water partition coefficient (Wildman–Crippen LogP) is 5.39. The van der Waals surface area contributed by atoms with Crippen LogP contribution in [0.3, 0.4) is 0 Å². The molecule has 0 bridgehead atoms. The van der Waals surface area contributed by atoms with Crippen molar-refractivity contribution in [3.8, 4) is 11.5 Å². The van der Waals surface area contributed by atoms with Gasteiger partial charge in [0.25, 0.3) is 5.69 Å². The van der Waals surface area contributed by atoms with E-state index in [2.05, 4.69) is 5.32 Å². The van der Waals surface area contributed by atoms with Gasteiger partial charge in [-0.05, 0) is 45.0 Å². The third-order valence-corrected chi connectivity index (χ3v) is 3.05. The van der Waals surface area contributed by atoms with Crippen molar-refractivity contribution in [3.05, 3.63) is 57.6 Å². The average molecular weight is 365 g/mol. The van der Waals surface area contributed by atoms with E-state index < -0.39 is 16.6 Å². The number of amides is 1.